The van der Waals surface area contributed by atoms with Crippen molar-refractivity contribution in [2.75, 3.05) is 25.0 Å². The molecule has 0 radical (unpaired) electrons. The van der Waals surface area contributed by atoms with Crippen LogP contribution in [0.4, 0.5) is 19.0 Å². The molecule has 0 aliphatic carbocycles. The van der Waals surface area contributed by atoms with Crippen LogP contribution in [0, 0.1) is 5.92 Å². The molecule has 0 aromatic carbocycles. The maximum Gasteiger partial charge on any atom is 0.416 e. The van der Waals surface area contributed by atoms with Crippen LogP contribution in [-0.4, -0.2) is 24.6 Å². The first-order valence-corrected chi connectivity index (χ1v) is 5.53. The van der Waals surface area contributed by atoms with Crippen molar-refractivity contribution in [1.29, 1.82) is 0 Å². The predicted molar refractivity (Wildman–Crippen MR) is 58.7 cm³/mol. The second-order valence-electron chi connectivity index (χ2n) is 4.17. The second kappa shape index (κ2) is 4.91. The molecule has 1 aliphatic rings. The van der Waals surface area contributed by atoms with E-state index in [1.54, 1.807) is 0 Å². The van der Waals surface area contributed by atoms with E-state index in [1.807, 2.05) is 0 Å². The zero-order chi connectivity index (χ0) is 12.3. The Labute approximate surface area is 97.4 Å². The number of aromatic nitrogens is 1. The molecule has 6 heteroatoms. The van der Waals surface area contributed by atoms with Crippen LogP contribution >= 0.6 is 0 Å². The summed E-state index contributed by atoms with van der Waals surface area (Å²) < 4.78 is 37.3. The van der Waals surface area contributed by atoms with E-state index in [4.69, 9.17) is 0 Å². The molecule has 0 amide bonds. The van der Waals surface area contributed by atoms with E-state index >= 15 is 0 Å². The fourth-order valence-corrected chi connectivity index (χ4v) is 1.84. The Hall–Kier alpha value is -1.30. The smallest absolute Gasteiger partial charge is 0.370 e. The molecule has 17 heavy (non-hydrogen) atoms. The van der Waals surface area contributed by atoms with E-state index < -0.39 is 11.7 Å². The maximum absolute atomic E-state index is 12.4. The summed E-state index contributed by atoms with van der Waals surface area (Å²) in [5, 5.41) is 6.15. The normalized spacial score (nSPS) is 20.5. The van der Waals surface area contributed by atoms with Crippen molar-refractivity contribution in [1.82, 2.24) is 10.3 Å². The van der Waals surface area contributed by atoms with Crippen molar-refractivity contribution in [3.8, 4) is 0 Å². The van der Waals surface area contributed by atoms with E-state index in [2.05, 4.69) is 15.6 Å². The van der Waals surface area contributed by atoms with Crippen LogP contribution in [0.1, 0.15) is 12.0 Å². The molecule has 2 N–H and O–H groups in total. The highest BCUT2D eigenvalue weighted by Gasteiger charge is 2.30. The first-order valence-electron chi connectivity index (χ1n) is 5.53. The van der Waals surface area contributed by atoms with Crippen molar-refractivity contribution >= 4 is 5.82 Å². The number of halogens is 3. The maximum atomic E-state index is 12.4. The third-order valence-corrected chi connectivity index (χ3v) is 2.82. The van der Waals surface area contributed by atoms with Crippen molar-refractivity contribution in [3.63, 3.8) is 0 Å². The Morgan fingerprint density at radius 2 is 2.29 bits per heavy atom. The van der Waals surface area contributed by atoms with Gasteiger partial charge in [0.05, 0.1) is 5.56 Å². The van der Waals surface area contributed by atoms with Gasteiger partial charge in [-0.3, -0.25) is 0 Å². The summed E-state index contributed by atoms with van der Waals surface area (Å²) in [6.07, 6.45) is -2.09. The average molecular weight is 245 g/mol. The highest BCUT2D eigenvalue weighted by molar-refractivity contribution is 5.38. The van der Waals surface area contributed by atoms with E-state index in [0.717, 1.165) is 31.6 Å². The van der Waals surface area contributed by atoms with Crippen molar-refractivity contribution in [2.24, 2.45) is 5.92 Å². The lowest BCUT2D eigenvalue weighted by Crippen LogP contribution is -2.18. The Bertz CT molecular complexity index is 372. The van der Waals surface area contributed by atoms with Gasteiger partial charge in [-0.25, -0.2) is 4.98 Å². The fourth-order valence-electron chi connectivity index (χ4n) is 1.84. The molecule has 1 fully saturated rings. The van der Waals surface area contributed by atoms with Crippen LogP contribution in [0.2, 0.25) is 0 Å². The van der Waals surface area contributed by atoms with Crippen LogP contribution in [0.5, 0.6) is 0 Å². The minimum Gasteiger partial charge on any atom is -0.370 e. The summed E-state index contributed by atoms with van der Waals surface area (Å²) in [6.45, 7) is 2.54. The zero-order valence-corrected chi connectivity index (χ0v) is 9.22. The molecular formula is C11H14F3N3. The molecule has 1 aliphatic heterocycles. The standard InChI is InChI=1S/C11H14F3N3/c12-11(13,14)9-2-4-16-10(5-9)17-7-8-1-3-15-6-8/h2,4-5,8,15H,1,3,6-7H2,(H,16,17). The highest BCUT2D eigenvalue weighted by atomic mass is 19.4. The topological polar surface area (TPSA) is 37.0 Å². The molecule has 0 saturated carbocycles. The van der Waals surface area contributed by atoms with Gasteiger partial charge in [-0.1, -0.05) is 0 Å². The molecular weight excluding hydrogens is 231 g/mol. The van der Waals surface area contributed by atoms with Crippen LogP contribution in [-0.2, 0) is 6.18 Å². The van der Waals surface area contributed by atoms with Gasteiger partial charge < -0.3 is 10.6 Å². The van der Waals surface area contributed by atoms with Crippen molar-refractivity contribution in [3.05, 3.63) is 23.9 Å². The molecule has 0 bridgehead atoms. The van der Waals surface area contributed by atoms with Gasteiger partial charge in [-0.05, 0) is 37.6 Å². The second-order valence-corrected chi connectivity index (χ2v) is 4.17. The third kappa shape index (κ3) is 3.33. The summed E-state index contributed by atoms with van der Waals surface area (Å²) >= 11 is 0. The molecule has 1 atom stereocenters. The Balaban J connectivity index is 1.96. The lowest BCUT2D eigenvalue weighted by atomic mass is 10.1. The Morgan fingerprint density at radius 3 is 2.94 bits per heavy atom. The van der Waals surface area contributed by atoms with Crippen LogP contribution in [0.25, 0.3) is 0 Å². The predicted octanol–water partition coefficient (Wildman–Crippen LogP) is 2.12. The van der Waals surface area contributed by atoms with Gasteiger partial charge in [0.2, 0.25) is 0 Å². The number of hydrogen-bond donors (Lipinski definition) is 2. The number of alkyl halides is 3. The van der Waals surface area contributed by atoms with E-state index in [1.165, 1.54) is 6.20 Å². The van der Waals surface area contributed by atoms with Gasteiger partial charge in [-0.2, -0.15) is 13.2 Å². The lowest BCUT2D eigenvalue weighted by molar-refractivity contribution is -0.137. The average Bonchev–Trinajstić information content (AvgIpc) is 2.78. The monoisotopic (exact) mass is 245 g/mol. The van der Waals surface area contributed by atoms with Gasteiger partial charge in [0.25, 0.3) is 0 Å². The van der Waals surface area contributed by atoms with Gasteiger partial charge in [-0.15, -0.1) is 0 Å². The van der Waals surface area contributed by atoms with Crippen LogP contribution in [0.15, 0.2) is 18.3 Å². The SMILES string of the molecule is FC(F)(F)c1ccnc(NCC2CCNC2)c1. The number of nitrogens with one attached hydrogen (secondary N) is 2. The van der Waals surface area contributed by atoms with E-state index in [0.29, 0.717) is 12.5 Å². The number of pyridine rings is 1. The van der Waals surface area contributed by atoms with E-state index in [-0.39, 0.29) is 5.82 Å². The molecule has 2 heterocycles. The van der Waals surface area contributed by atoms with Gasteiger partial charge >= 0.3 is 6.18 Å². The van der Waals surface area contributed by atoms with Crippen LogP contribution in [0.3, 0.4) is 0 Å². The number of hydrogen-bond acceptors (Lipinski definition) is 3. The number of nitrogens with zero attached hydrogens (tertiary/aromatic N) is 1. The quantitative estimate of drug-likeness (QED) is 0.856. The van der Waals surface area contributed by atoms with Crippen molar-refractivity contribution in [2.45, 2.75) is 12.6 Å². The molecule has 2 rings (SSSR count). The molecule has 1 unspecified atom stereocenters. The van der Waals surface area contributed by atoms with Gasteiger partial charge in [0.1, 0.15) is 5.82 Å². The zero-order valence-electron chi connectivity index (χ0n) is 9.22. The minimum atomic E-state index is -4.31. The summed E-state index contributed by atoms with van der Waals surface area (Å²) in [6, 6.07) is 2.02. The summed E-state index contributed by atoms with van der Waals surface area (Å²) in [4.78, 5) is 3.88. The first-order chi connectivity index (χ1) is 8.05. The molecule has 0 spiro atoms. The molecule has 3 nitrogen and oxygen atoms in total. The molecule has 94 valence electrons. The number of rotatable bonds is 3. The summed E-state index contributed by atoms with van der Waals surface area (Å²) in [7, 11) is 0. The minimum absolute atomic E-state index is 0.284. The summed E-state index contributed by atoms with van der Waals surface area (Å²) in [5.41, 5.74) is -0.667. The lowest BCUT2D eigenvalue weighted by Gasteiger charge is -2.12. The number of anilines is 1. The molecule has 1 aromatic rings. The highest BCUT2D eigenvalue weighted by Crippen LogP contribution is 2.29. The molecule has 1 aromatic heterocycles. The molecule has 1 saturated heterocycles. The largest absolute Gasteiger partial charge is 0.416 e. The van der Waals surface area contributed by atoms with Gasteiger partial charge in [0.15, 0.2) is 0 Å². The third-order valence-electron chi connectivity index (χ3n) is 2.82. The summed E-state index contributed by atoms with van der Waals surface area (Å²) in [5.74, 6) is 0.748. The van der Waals surface area contributed by atoms with Crippen LogP contribution < -0.4 is 10.6 Å². The van der Waals surface area contributed by atoms with Crippen molar-refractivity contribution < 1.29 is 13.2 Å². The Morgan fingerprint density at radius 1 is 1.47 bits per heavy atom. The Kier molecular flexibility index (Phi) is 3.51. The fraction of sp³-hybridized carbons (Fsp3) is 0.545. The van der Waals surface area contributed by atoms with E-state index in [9.17, 15) is 13.2 Å². The van der Waals surface area contributed by atoms with Gasteiger partial charge in [0, 0.05) is 12.7 Å². The first kappa shape index (κ1) is 12.2.